The molecule has 4 rings (SSSR count). The summed E-state index contributed by atoms with van der Waals surface area (Å²) in [6.07, 6.45) is 1.29. The van der Waals surface area contributed by atoms with Gasteiger partial charge < -0.3 is 9.84 Å². The average Bonchev–Trinajstić information content (AvgIpc) is 3.38. The monoisotopic (exact) mass is 425 g/mol. The van der Waals surface area contributed by atoms with E-state index in [1.165, 1.54) is 24.3 Å². The number of benzene rings is 2. The third kappa shape index (κ3) is 3.84. The number of rotatable bonds is 6. The summed E-state index contributed by atoms with van der Waals surface area (Å²) in [6, 6.07) is 16.9. The lowest BCUT2D eigenvalue weighted by molar-refractivity contribution is -0.119. The van der Waals surface area contributed by atoms with Gasteiger partial charge in [-0.2, -0.15) is 0 Å². The molecule has 0 saturated heterocycles. The van der Waals surface area contributed by atoms with Gasteiger partial charge in [-0.1, -0.05) is 35.5 Å². The van der Waals surface area contributed by atoms with Crippen molar-refractivity contribution in [1.82, 2.24) is 9.88 Å². The van der Waals surface area contributed by atoms with Crippen LogP contribution >= 0.6 is 0 Å². The Balaban J connectivity index is 1.49. The van der Waals surface area contributed by atoms with Crippen LogP contribution < -0.4 is 10.0 Å². The minimum Gasteiger partial charge on any atom is -0.356 e. The molecule has 1 heterocycles. The maximum Gasteiger partial charge on any atom is 0.264 e. The summed E-state index contributed by atoms with van der Waals surface area (Å²) in [5.41, 5.74) is 1.14. The summed E-state index contributed by atoms with van der Waals surface area (Å²) in [5, 5.41) is 6.92. The van der Waals surface area contributed by atoms with Gasteiger partial charge in [0.2, 0.25) is 11.8 Å². The van der Waals surface area contributed by atoms with Gasteiger partial charge in [0.05, 0.1) is 16.0 Å². The van der Waals surface area contributed by atoms with Gasteiger partial charge in [0.15, 0.2) is 5.76 Å². The molecule has 9 heteroatoms. The fraction of sp³-hybridized carbons (Fsp3) is 0.190. The average molecular weight is 425 g/mol. The smallest absolute Gasteiger partial charge is 0.264 e. The zero-order chi connectivity index (χ0) is 21.4. The summed E-state index contributed by atoms with van der Waals surface area (Å²) in [6.45, 7) is 1.12. The van der Waals surface area contributed by atoms with E-state index in [0.717, 1.165) is 12.5 Å². The number of carbonyl (C=O) groups is 2. The minimum absolute atomic E-state index is 0.0687. The highest BCUT2D eigenvalue weighted by Crippen LogP contribution is 2.49. The van der Waals surface area contributed by atoms with Crippen LogP contribution in [0.4, 0.5) is 5.69 Å². The first-order chi connectivity index (χ1) is 14.3. The molecule has 30 heavy (non-hydrogen) atoms. The zero-order valence-electron chi connectivity index (χ0n) is 16.1. The molecular formula is C21H19N3O5S. The molecule has 1 saturated carbocycles. The summed E-state index contributed by atoms with van der Waals surface area (Å²) in [4.78, 5) is 23.9. The molecule has 154 valence electrons. The number of nitrogens with one attached hydrogen (secondary N) is 2. The number of hydrogen-bond acceptors (Lipinski definition) is 6. The van der Waals surface area contributed by atoms with Gasteiger partial charge in [0.25, 0.3) is 10.0 Å². The van der Waals surface area contributed by atoms with Gasteiger partial charge in [-0.3, -0.25) is 9.59 Å². The molecule has 8 nitrogen and oxygen atoms in total. The molecule has 1 aromatic heterocycles. The van der Waals surface area contributed by atoms with Crippen LogP contribution in [0.1, 0.15) is 25.5 Å². The van der Waals surface area contributed by atoms with E-state index < -0.39 is 21.3 Å². The summed E-state index contributed by atoms with van der Waals surface area (Å²) in [5.74, 6) is -0.310. The van der Waals surface area contributed by atoms with Crippen LogP contribution in [-0.4, -0.2) is 25.4 Å². The summed E-state index contributed by atoms with van der Waals surface area (Å²) >= 11 is 0. The predicted molar refractivity (Wildman–Crippen MR) is 109 cm³/mol. The van der Waals surface area contributed by atoms with Crippen molar-refractivity contribution in [3.8, 4) is 11.3 Å². The Morgan fingerprint density at radius 3 is 2.30 bits per heavy atom. The van der Waals surface area contributed by atoms with Crippen LogP contribution in [0.25, 0.3) is 11.3 Å². The fourth-order valence-corrected chi connectivity index (χ4v) is 4.17. The Labute approximate surface area is 173 Å². The third-order valence-electron chi connectivity index (χ3n) is 4.94. The lowest BCUT2D eigenvalue weighted by atomic mass is 10.00. The largest absolute Gasteiger partial charge is 0.356 e. The Morgan fingerprint density at radius 2 is 1.70 bits per heavy atom. The second-order valence-electron chi connectivity index (χ2n) is 7.16. The van der Waals surface area contributed by atoms with Gasteiger partial charge in [0.1, 0.15) is 0 Å². The van der Waals surface area contributed by atoms with E-state index in [1.54, 1.807) is 6.07 Å². The number of anilines is 1. The van der Waals surface area contributed by atoms with Crippen LogP contribution in [-0.2, 0) is 25.0 Å². The van der Waals surface area contributed by atoms with Crippen molar-refractivity contribution >= 4 is 27.5 Å². The van der Waals surface area contributed by atoms with E-state index in [0.29, 0.717) is 30.0 Å². The normalized spacial score (nSPS) is 14.7. The highest BCUT2D eigenvalue weighted by molar-refractivity contribution is 7.90. The first kappa shape index (κ1) is 19.8. The van der Waals surface area contributed by atoms with Gasteiger partial charge in [0, 0.05) is 24.2 Å². The number of hydrogen-bond donors (Lipinski definition) is 2. The second kappa shape index (κ2) is 7.42. The van der Waals surface area contributed by atoms with Crippen molar-refractivity contribution in [1.29, 1.82) is 0 Å². The van der Waals surface area contributed by atoms with E-state index in [2.05, 4.69) is 10.5 Å². The maximum atomic E-state index is 12.9. The molecule has 2 aromatic carbocycles. The van der Waals surface area contributed by atoms with Crippen LogP contribution in [0.2, 0.25) is 0 Å². The SMILES string of the molecule is CC(=O)NS(=O)(=O)c1ccc(NC(=O)C2(c3cc(-c4ccccc4)on3)CC2)cc1. The number of sulfonamides is 1. The van der Waals surface area contributed by atoms with E-state index >= 15 is 0 Å². The topological polar surface area (TPSA) is 118 Å². The Hall–Kier alpha value is -3.46. The van der Waals surface area contributed by atoms with Crippen LogP contribution in [0, 0.1) is 0 Å². The standard InChI is InChI=1S/C21H19N3O5S/c1-14(25)24-30(27,28)17-9-7-16(8-10-17)22-20(26)21(11-12-21)19-13-18(29-23-19)15-5-3-2-4-6-15/h2-10,13H,11-12H2,1H3,(H,22,26)(H,24,25). The number of carbonyl (C=O) groups excluding carboxylic acids is 2. The molecule has 1 aliphatic rings. The Bertz CT molecular complexity index is 1200. The van der Waals surface area contributed by atoms with Crippen molar-refractivity contribution in [3.05, 3.63) is 66.4 Å². The Morgan fingerprint density at radius 1 is 1.03 bits per heavy atom. The number of nitrogens with zero attached hydrogens (tertiary/aromatic N) is 1. The first-order valence-corrected chi connectivity index (χ1v) is 10.8. The number of amides is 2. The lowest BCUT2D eigenvalue weighted by Crippen LogP contribution is -2.29. The highest BCUT2D eigenvalue weighted by atomic mass is 32.2. The second-order valence-corrected chi connectivity index (χ2v) is 8.85. The fourth-order valence-electron chi connectivity index (χ4n) is 3.18. The van der Waals surface area contributed by atoms with Gasteiger partial charge in [-0.05, 0) is 37.1 Å². The minimum atomic E-state index is -3.92. The molecule has 0 spiro atoms. The molecule has 0 unspecified atom stereocenters. The zero-order valence-corrected chi connectivity index (χ0v) is 16.9. The molecular weight excluding hydrogens is 406 g/mol. The van der Waals surface area contributed by atoms with Crippen LogP contribution in [0.15, 0.2) is 70.1 Å². The molecule has 3 aromatic rings. The van der Waals surface area contributed by atoms with Crippen molar-refractivity contribution in [2.75, 3.05) is 5.32 Å². The van der Waals surface area contributed by atoms with Crippen molar-refractivity contribution < 1.29 is 22.5 Å². The predicted octanol–water partition coefficient (Wildman–Crippen LogP) is 2.84. The van der Waals surface area contributed by atoms with E-state index in [-0.39, 0.29) is 10.8 Å². The van der Waals surface area contributed by atoms with Gasteiger partial charge in [-0.15, -0.1) is 0 Å². The first-order valence-electron chi connectivity index (χ1n) is 9.28. The lowest BCUT2D eigenvalue weighted by Gasteiger charge is -2.13. The van der Waals surface area contributed by atoms with E-state index in [4.69, 9.17) is 4.52 Å². The molecule has 0 atom stereocenters. The van der Waals surface area contributed by atoms with Gasteiger partial charge >= 0.3 is 0 Å². The molecule has 0 bridgehead atoms. The quantitative estimate of drug-likeness (QED) is 0.627. The molecule has 0 aliphatic heterocycles. The molecule has 0 radical (unpaired) electrons. The number of aromatic nitrogens is 1. The van der Waals surface area contributed by atoms with Crippen molar-refractivity contribution in [2.24, 2.45) is 0 Å². The van der Waals surface area contributed by atoms with Crippen molar-refractivity contribution in [3.63, 3.8) is 0 Å². The summed E-state index contributed by atoms with van der Waals surface area (Å²) < 4.78 is 31.3. The maximum absolute atomic E-state index is 12.9. The van der Waals surface area contributed by atoms with E-state index in [9.17, 15) is 18.0 Å². The van der Waals surface area contributed by atoms with Gasteiger partial charge in [-0.25, -0.2) is 13.1 Å². The van der Waals surface area contributed by atoms with Crippen LogP contribution in [0.3, 0.4) is 0 Å². The molecule has 2 N–H and O–H groups in total. The molecule has 1 fully saturated rings. The highest BCUT2D eigenvalue weighted by Gasteiger charge is 2.53. The van der Waals surface area contributed by atoms with E-state index in [1.807, 2.05) is 35.1 Å². The molecule has 2 amide bonds. The van der Waals surface area contributed by atoms with Crippen LogP contribution in [0.5, 0.6) is 0 Å². The Kier molecular flexibility index (Phi) is 4.90. The van der Waals surface area contributed by atoms with Crippen molar-refractivity contribution in [2.45, 2.75) is 30.1 Å². The summed E-state index contributed by atoms with van der Waals surface area (Å²) in [7, 11) is -3.92. The third-order valence-corrected chi connectivity index (χ3v) is 6.39. The molecule has 1 aliphatic carbocycles.